The number of unbranched alkanes of at least 4 members (excludes halogenated alkanes) is 1. The molecule has 3 rings (SSSR count). The van der Waals surface area contributed by atoms with E-state index in [0.717, 1.165) is 12.8 Å². The second-order valence-electron chi connectivity index (χ2n) is 7.73. The van der Waals surface area contributed by atoms with Crippen molar-refractivity contribution in [3.8, 4) is 10.6 Å². The molecule has 2 aromatic carbocycles. The molecule has 0 aliphatic heterocycles. The number of aliphatic carboxylic acids is 1. The molecule has 0 bridgehead atoms. The van der Waals surface area contributed by atoms with Crippen molar-refractivity contribution < 1.29 is 23.9 Å². The highest BCUT2D eigenvalue weighted by Gasteiger charge is 2.24. The highest BCUT2D eigenvalue weighted by atomic mass is 32.1. The number of rotatable bonds is 10. The minimum atomic E-state index is -0.989. The Hall–Kier alpha value is -3.66. The van der Waals surface area contributed by atoms with Crippen LogP contribution in [0.4, 0.5) is 9.52 Å². The van der Waals surface area contributed by atoms with Gasteiger partial charge in [0.15, 0.2) is 0 Å². The molecule has 178 valence electrons. The van der Waals surface area contributed by atoms with Gasteiger partial charge in [0.25, 0.3) is 11.8 Å². The molecule has 2 amide bonds. The van der Waals surface area contributed by atoms with Crippen molar-refractivity contribution in [2.75, 3.05) is 11.4 Å². The van der Waals surface area contributed by atoms with E-state index < -0.39 is 23.7 Å². The first-order valence-corrected chi connectivity index (χ1v) is 11.6. The van der Waals surface area contributed by atoms with Gasteiger partial charge in [-0.3, -0.25) is 19.3 Å². The standard InChI is InChI=1S/C24H25FN4O4S/c1-3-4-13-29(23(33)18-7-5-6-8-19(18)25)24-28-27-22(34-24)17-11-9-16(10-12-17)21(32)26-15(2)14-20(30)31/h5-12,15H,3-4,13-14H2,1-2H3,(H,26,32)(H,30,31). The van der Waals surface area contributed by atoms with Gasteiger partial charge in [-0.2, -0.15) is 0 Å². The topological polar surface area (TPSA) is 112 Å². The predicted molar refractivity (Wildman–Crippen MR) is 128 cm³/mol. The van der Waals surface area contributed by atoms with Crippen LogP contribution in [0.1, 0.15) is 53.8 Å². The van der Waals surface area contributed by atoms with E-state index in [4.69, 9.17) is 5.11 Å². The number of halogens is 1. The smallest absolute Gasteiger partial charge is 0.305 e. The average molecular weight is 485 g/mol. The average Bonchev–Trinajstić information content (AvgIpc) is 3.29. The first-order chi connectivity index (χ1) is 16.3. The SMILES string of the molecule is CCCCN(C(=O)c1ccccc1F)c1nnc(-c2ccc(C(=O)NC(C)CC(=O)O)cc2)s1. The Balaban J connectivity index is 1.78. The van der Waals surface area contributed by atoms with Crippen molar-refractivity contribution in [2.24, 2.45) is 0 Å². The highest BCUT2D eigenvalue weighted by molar-refractivity contribution is 7.18. The number of anilines is 1. The third-order valence-electron chi connectivity index (χ3n) is 4.98. The molecule has 1 heterocycles. The van der Waals surface area contributed by atoms with Crippen LogP contribution >= 0.6 is 11.3 Å². The first kappa shape index (κ1) is 25.0. The van der Waals surface area contributed by atoms with Gasteiger partial charge in [-0.05, 0) is 37.6 Å². The van der Waals surface area contributed by atoms with Crippen molar-refractivity contribution in [3.05, 3.63) is 65.5 Å². The largest absolute Gasteiger partial charge is 0.481 e. The summed E-state index contributed by atoms with van der Waals surface area (Å²) in [6, 6.07) is 12.0. The predicted octanol–water partition coefficient (Wildman–Crippen LogP) is 4.38. The van der Waals surface area contributed by atoms with E-state index in [0.29, 0.717) is 27.8 Å². The number of nitrogens with one attached hydrogen (secondary N) is 1. The summed E-state index contributed by atoms with van der Waals surface area (Å²) in [5.41, 5.74) is 1.06. The molecule has 0 aliphatic rings. The molecule has 3 aromatic rings. The maximum Gasteiger partial charge on any atom is 0.305 e. The summed E-state index contributed by atoms with van der Waals surface area (Å²) in [7, 11) is 0. The van der Waals surface area contributed by atoms with Crippen LogP contribution in [0.5, 0.6) is 0 Å². The van der Waals surface area contributed by atoms with Gasteiger partial charge in [0.05, 0.1) is 12.0 Å². The molecule has 1 unspecified atom stereocenters. The molecule has 0 radical (unpaired) electrons. The third-order valence-corrected chi connectivity index (χ3v) is 5.98. The van der Waals surface area contributed by atoms with Gasteiger partial charge in [-0.15, -0.1) is 10.2 Å². The van der Waals surface area contributed by atoms with E-state index in [1.165, 1.54) is 34.4 Å². The zero-order valence-electron chi connectivity index (χ0n) is 18.8. The molecule has 10 heteroatoms. The number of hydrogen-bond acceptors (Lipinski definition) is 6. The Bertz CT molecular complexity index is 1170. The molecular weight excluding hydrogens is 459 g/mol. The molecule has 0 saturated heterocycles. The van der Waals surface area contributed by atoms with Gasteiger partial charge in [0, 0.05) is 23.7 Å². The minimum Gasteiger partial charge on any atom is -0.481 e. The summed E-state index contributed by atoms with van der Waals surface area (Å²) in [5, 5.41) is 20.7. The number of amides is 2. The van der Waals surface area contributed by atoms with Gasteiger partial charge in [-0.1, -0.05) is 48.9 Å². The molecule has 1 aromatic heterocycles. The maximum atomic E-state index is 14.2. The summed E-state index contributed by atoms with van der Waals surface area (Å²) in [6.07, 6.45) is 1.40. The number of hydrogen-bond donors (Lipinski definition) is 2. The number of carbonyl (C=O) groups is 3. The van der Waals surface area contributed by atoms with Gasteiger partial charge in [0.1, 0.15) is 10.8 Å². The van der Waals surface area contributed by atoms with Gasteiger partial charge < -0.3 is 10.4 Å². The van der Waals surface area contributed by atoms with Crippen LogP contribution in [0.3, 0.4) is 0 Å². The van der Waals surface area contributed by atoms with Crippen molar-refractivity contribution >= 4 is 34.3 Å². The fourth-order valence-corrected chi connectivity index (χ4v) is 4.08. The van der Waals surface area contributed by atoms with Crippen molar-refractivity contribution in [1.29, 1.82) is 0 Å². The number of carboxylic acids is 1. The Morgan fingerprint density at radius 2 is 1.82 bits per heavy atom. The van der Waals surface area contributed by atoms with Crippen molar-refractivity contribution in [3.63, 3.8) is 0 Å². The van der Waals surface area contributed by atoms with Crippen LogP contribution in [-0.4, -0.2) is 45.7 Å². The molecule has 2 N–H and O–H groups in total. The molecule has 0 fully saturated rings. The fraction of sp³-hybridized carbons (Fsp3) is 0.292. The first-order valence-electron chi connectivity index (χ1n) is 10.8. The van der Waals surface area contributed by atoms with Crippen LogP contribution in [0.2, 0.25) is 0 Å². The van der Waals surface area contributed by atoms with Crippen molar-refractivity contribution in [1.82, 2.24) is 15.5 Å². The van der Waals surface area contributed by atoms with Gasteiger partial charge in [-0.25, -0.2) is 4.39 Å². The third kappa shape index (κ3) is 6.22. The molecule has 8 nitrogen and oxygen atoms in total. The van der Waals surface area contributed by atoms with E-state index in [-0.39, 0.29) is 17.9 Å². The lowest BCUT2D eigenvalue weighted by Gasteiger charge is -2.19. The van der Waals surface area contributed by atoms with E-state index in [9.17, 15) is 18.8 Å². The molecule has 0 spiro atoms. The number of aromatic nitrogens is 2. The monoisotopic (exact) mass is 484 g/mol. The number of carboxylic acid groups (broad SMARTS) is 1. The van der Waals surface area contributed by atoms with Crippen LogP contribution in [0.25, 0.3) is 10.6 Å². The van der Waals surface area contributed by atoms with Crippen LogP contribution < -0.4 is 10.2 Å². The van der Waals surface area contributed by atoms with E-state index in [1.807, 2.05) is 6.92 Å². The quantitative estimate of drug-likeness (QED) is 0.442. The Labute approximate surface area is 200 Å². The Morgan fingerprint density at radius 1 is 1.12 bits per heavy atom. The lowest BCUT2D eigenvalue weighted by atomic mass is 10.1. The zero-order valence-corrected chi connectivity index (χ0v) is 19.6. The van der Waals surface area contributed by atoms with Gasteiger partial charge >= 0.3 is 5.97 Å². The van der Waals surface area contributed by atoms with Gasteiger partial charge in [0.2, 0.25) is 5.13 Å². The summed E-state index contributed by atoms with van der Waals surface area (Å²) in [6.45, 7) is 4.00. The van der Waals surface area contributed by atoms with Crippen molar-refractivity contribution in [2.45, 2.75) is 39.2 Å². The summed E-state index contributed by atoms with van der Waals surface area (Å²) < 4.78 is 14.2. The van der Waals surface area contributed by atoms with E-state index >= 15 is 0 Å². The Morgan fingerprint density at radius 3 is 2.47 bits per heavy atom. The Kier molecular flexibility index (Phi) is 8.42. The fourth-order valence-electron chi connectivity index (χ4n) is 3.21. The number of benzene rings is 2. The molecule has 34 heavy (non-hydrogen) atoms. The minimum absolute atomic E-state index is 0.0251. The molecule has 0 aliphatic carbocycles. The van der Waals surface area contributed by atoms with Crippen LogP contribution in [-0.2, 0) is 4.79 Å². The van der Waals surface area contributed by atoms with Crippen LogP contribution in [0.15, 0.2) is 48.5 Å². The lowest BCUT2D eigenvalue weighted by Crippen LogP contribution is -2.34. The maximum absolute atomic E-state index is 14.2. The summed E-state index contributed by atoms with van der Waals surface area (Å²) >= 11 is 1.20. The summed E-state index contributed by atoms with van der Waals surface area (Å²) in [4.78, 5) is 37.6. The highest BCUT2D eigenvalue weighted by Crippen LogP contribution is 2.30. The molecule has 0 saturated carbocycles. The number of nitrogens with zero attached hydrogens (tertiary/aromatic N) is 3. The molecular formula is C24H25FN4O4S. The second kappa shape index (κ2) is 11.5. The normalized spacial score (nSPS) is 11.6. The summed E-state index contributed by atoms with van der Waals surface area (Å²) in [5.74, 6) is -2.43. The molecule has 1 atom stereocenters. The number of carbonyl (C=O) groups excluding carboxylic acids is 2. The lowest BCUT2D eigenvalue weighted by molar-refractivity contribution is -0.137. The van der Waals surface area contributed by atoms with E-state index in [1.54, 1.807) is 37.3 Å². The zero-order chi connectivity index (χ0) is 24.7. The van der Waals surface area contributed by atoms with E-state index in [2.05, 4.69) is 15.5 Å². The second-order valence-corrected chi connectivity index (χ2v) is 8.69. The van der Waals surface area contributed by atoms with Crippen LogP contribution in [0, 0.1) is 5.82 Å².